The van der Waals surface area contributed by atoms with Crippen LogP contribution in [0.1, 0.15) is 27.5 Å². The van der Waals surface area contributed by atoms with Gasteiger partial charge in [0.2, 0.25) is 11.8 Å². The number of anilines is 1. The SMILES string of the molecule is O=C(c1ccc([N+](=O)[O-])cc1)[C@H]1[C@H]2C(=O)N(c3ccc4c(c3)OCCO4)C(=O)[C@@H]2[C@@H]2c3ccccc3C=CN12. The summed E-state index contributed by atoms with van der Waals surface area (Å²) in [6.45, 7) is 0.768. The van der Waals surface area contributed by atoms with E-state index >= 15 is 0 Å². The molecule has 0 aliphatic carbocycles. The number of non-ortho nitro benzene ring substituents is 1. The summed E-state index contributed by atoms with van der Waals surface area (Å²) in [5.74, 6) is -2.01. The monoisotopic (exact) mass is 523 g/mol. The lowest BCUT2D eigenvalue weighted by atomic mass is 9.83. The van der Waals surface area contributed by atoms with Crippen LogP contribution in [0.2, 0.25) is 0 Å². The first-order valence-electron chi connectivity index (χ1n) is 12.5. The minimum atomic E-state index is -0.968. The number of hydrogen-bond acceptors (Lipinski definition) is 8. The number of rotatable bonds is 4. The molecule has 2 amide bonds. The van der Waals surface area contributed by atoms with E-state index in [1.807, 2.05) is 30.3 Å². The highest BCUT2D eigenvalue weighted by atomic mass is 16.6. The van der Waals surface area contributed by atoms with E-state index in [1.54, 1.807) is 29.3 Å². The third kappa shape index (κ3) is 3.37. The smallest absolute Gasteiger partial charge is 0.269 e. The zero-order valence-corrected chi connectivity index (χ0v) is 20.4. The van der Waals surface area contributed by atoms with Gasteiger partial charge in [0.15, 0.2) is 17.3 Å². The molecular weight excluding hydrogens is 502 g/mol. The fraction of sp³-hybridized carbons (Fsp3) is 0.207. The number of benzene rings is 3. The Hall–Kier alpha value is -4.99. The molecule has 0 spiro atoms. The fourth-order valence-electron chi connectivity index (χ4n) is 6.20. The van der Waals surface area contributed by atoms with Crippen LogP contribution >= 0.6 is 0 Å². The zero-order chi connectivity index (χ0) is 26.8. The number of nitro benzene ring substituents is 1. The largest absolute Gasteiger partial charge is 0.486 e. The molecule has 0 unspecified atom stereocenters. The summed E-state index contributed by atoms with van der Waals surface area (Å²) in [6, 6.07) is 16.4. The van der Waals surface area contributed by atoms with Gasteiger partial charge in [0, 0.05) is 30.0 Å². The summed E-state index contributed by atoms with van der Waals surface area (Å²) in [5, 5.41) is 11.1. The standard InChI is InChI=1S/C29H21N3O7/c33-27(17-5-7-18(8-6-17)32(36)37)26-24-23(25-20-4-2-1-3-16(20)11-12-30(25)26)28(34)31(29(24)35)19-9-10-21-22(15-19)39-14-13-38-21/h1-12,15,23-26H,13-14H2/t23-,24-,25-,26+/m0/s1. The molecule has 10 heteroatoms. The third-order valence-corrected chi connectivity index (χ3v) is 7.88. The predicted molar refractivity (Wildman–Crippen MR) is 138 cm³/mol. The summed E-state index contributed by atoms with van der Waals surface area (Å²) >= 11 is 0. The Morgan fingerprint density at radius 3 is 2.38 bits per heavy atom. The van der Waals surface area contributed by atoms with E-state index in [0.29, 0.717) is 30.4 Å². The van der Waals surface area contributed by atoms with Crippen molar-refractivity contribution in [2.24, 2.45) is 11.8 Å². The average Bonchev–Trinajstić information content (AvgIpc) is 3.44. The van der Waals surface area contributed by atoms with Crippen molar-refractivity contribution >= 4 is 35.0 Å². The molecule has 4 heterocycles. The molecule has 0 bridgehead atoms. The van der Waals surface area contributed by atoms with Gasteiger partial charge < -0.3 is 14.4 Å². The van der Waals surface area contributed by atoms with Crippen molar-refractivity contribution in [2.45, 2.75) is 12.1 Å². The first-order valence-corrected chi connectivity index (χ1v) is 12.5. The number of hydrogen-bond donors (Lipinski definition) is 0. The number of ether oxygens (including phenoxy) is 2. The summed E-state index contributed by atoms with van der Waals surface area (Å²) in [6.07, 6.45) is 3.64. The number of carbonyl (C=O) groups is 3. The first kappa shape index (κ1) is 23.2. The second-order valence-corrected chi connectivity index (χ2v) is 9.84. The first-order chi connectivity index (χ1) is 18.9. The van der Waals surface area contributed by atoms with Gasteiger partial charge in [0.25, 0.3) is 5.69 Å². The van der Waals surface area contributed by atoms with E-state index in [4.69, 9.17) is 9.47 Å². The summed E-state index contributed by atoms with van der Waals surface area (Å²) < 4.78 is 11.3. The number of Topliss-reactive ketones (excluding diaryl/α,β-unsaturated/α-hetero) is 1. The van der Waals surface area contributed by atoms with E-state index in [2.05, 4.69) is 0 Å². The second kappa shape index (κ2) is 8.52. The number of imide groups is 1. The van der Waals surface area contributed by atoms with E-state index < -0.39 is 34.7 Å². The van der Waals surface area contributed by atoms with Crippen molar-refractivity contribution in [3.63, 3.8) is 0 Å². The van der Waals surface area contributed by atoms with Gasteiger partial charge in [-0.1, -0.05) is 24.3 Å². The maximum Gasteiger partial charge on any atom is 0.269 e. The highest BCUT2D eigenvalue weighted by molar-refractivity contribution is 6.24. The molecule has 0 aromatic heterocycles. The third-order valence-electron chi connectivity index (χ3n) is 7.88. The van der Waals surface area contributed by atoms with Crippen LogP contribution in [0.4, 0.5) is 11.4 Å². The van der Waals surface area contributed by atoms with Crippen LogP contribution in [0.3, 0.4) is 0 Å². The van der Waals surface area contributed by atoms with Gasteiger partial charge in [-0.25, -0.2) is 4.90 Å². The van der Waals surface area contributed by atoms with Gasteiger partial charge in [0.1, 0.15) is 19.3 Å². The van der Waals surface area contributed by atoms with Crippen molar-refractivity contribution in [1.82, 2.24) is 4.90 Å². The molecule has 10 nitrogen and oxygen atoms in total. The van der Waals surface area contributed by atoms with Crippen molar-refractivity contribution in [3.05, 3.63) is 99.7 Å². The Bertz CT molecular complexity index is 1600. The van der Waals surface area contributed by atoms with Crippen molar-refractivity contribution in [1.29, 1.82) is 0 Å². The summed E-state index contributed by atoms with van der Waals surface area (Å²) in [5.41, 5.74) is 2.22. The Balaban J connectivity index is 1.33. The highest BCUT2D eigenvalue weighted by Crippen LogP contribution is 2.54. The van der Waals surface area contributed by atoms with Crippen LogP contribution in [0.25, 0.3) is 6.08 Å². The second-order valence-electron chi connectivity index (χ2n) is 9.84. The Morgan fingerprint density at radius 2 is 1.62 bits per heavy atom. The van der Waals surface area contributed by atoms with Gasteiger partial charge in [-0.05, 0) is 41.5 Å². The number of ketones is 1. The maximum absolute atomic E-state index is 14.1. The van der Waals surface area contributed by atoms with E-state index in [0.717, 1.165) is 16.0 Å². The molecule has 39 heavy (non-hydrogen) atoms. The molecule has 0 saturated carbocycles. The van der Waals surface area contributed by atoms with Gasteiger partial charge in [-0.2, -0.15) is 0 Å². The fourth-order valence-corrected chi connectivity index (χ4v) is 6.20. The molecule has 3 aromatic carbocycles. The van der Waals surface area contributed by atoms with E-state index in [1.165, 1.54) is 24.3 Å². The summed E-state index contributed by atoms with van der Waals surface area (Å²) in [7, 11) is 0. The van der Waals surface area contributed by atoms with Crippen molar-refractivity contribution < 1.29 is 28.8 Å². The molecule has 2 fully saturated rings. The molecule has 2 saturated heterocycles. The topological polar surface area (TPSA) is 119 Å². The minimum Gasteiger partial charge on any atom is -0.486 e. The predicted octanol–water partition coefficient (Wildman–Crippen LogP) is 3.76. The quantitative estimate of drug-likeness (QED) is 0.219. The lowest BCUT2D eigenvalue weighted by molar-refractivity contribution is -0.384. The normalized spacial score (nSPS) is 24.3. The highest BCUT2D eigenvalue weighted by Gasteiger charge is 2.64. The lowest BCUT2D eigenvalue weighted by Gasteiger charge is -2.35. The number of amides is 2. The molecule has 0 radical (unpaired) electrons. The Morgan fingerprint density at radius 1 is 0.897 bits per heavy atom. The number of carbonyl (C=O) groups excluding carboxylic acids is 3. The Kier molecular flexibility index (Phi) is 5.06. The molecule has 4 atom stereocenters. The minimum absolute atomic E-state index is 0.141. The van der Waals surface area contributed by atoms with E-state index in [-0.39, 0.29) is 22.9 Å². The molecule has 4 aliphatic heterocycles. The van der Waals surface area contributed by atoms with Crippen molar-refractivity contribution in [2.75, 3.05) is 18.1 Å². The zero-order valence-electron chi connectivity index (χ0n) is 20.4. The lowest BCUT2D eigenvalue weighted by Crippen LogP contribution is -2.44. The Labute approximate surface area is 222 Å². The molecule has 3 aromatic rings. The van der Waals surface area contributed by atoms with Crippen LogP contribution in [0.15, 0.2) is 72.9 Å². The number of nitrogens with zero attached hydrogens (tertiary/aromatic N) is 3. The van der Waals surface area contributed by atoms with Gasteiger partial charge in [-0.3, -0.25) is 24.5 Å². The summed E-state index contributed by atoms with van der Waals surface area (Å²) in [4.78, 5) is 55.6. The molecule has 0 N–H and O–H groups in total. The number of nitro groups is 1. The van der Waals surface area contributed by atoms with Crippen LogP contribution in [-0.4, -0.2) is 46.7 Å². The van der Waals surface area contributed by atoms with Gasteiger partial charge in [-0.15, -0.1) is 0 Å². The van der Waals surface area contributed by atoms with Crippen LogP contribution in [0, 0.1) is 22.0 Å². The van der Waals surface area contributed by atoms with Crippen LogP contribution < -0.4 is 14.4 Å². The van der Waals surface area contributed by atoms with Crippen LogP contribution in [-0.2, 0) is 9.59 Å². The molecular formula is C29H21N3O7. The van der Waals surface area contributed by atoms with Crippen molar-refractivity contribution in [3.8, 4) is 11.5 Å². The van der Waals surface area contributed by atoms with Crippen LogP contribution in [0.5, 0.6) is 11.5 Å². The van der Waals surface area contributed by atoms with Gasteiger partial charge >= 0.3 is 0 Å². The average molecular weight is 524 g/mol. The molecule has 7 rings (SSSR count). The number of fused-ring (bicyclic) bond motifs is 6. The molecule has 4 aliphatic rings. The van der Waals surface area contributed by atoms with Gasteiger partial charge in [0.05, 0.1) is 28.5 Å². The van der Waals surface area contributed by atoms with E-state index in [9.17, 15) is 24.5 Å². The maximum atomic E-state index is 14.1. The molecule has 194 valence electrons.